The van der Waals surface area contributed by atoms with Crippen LogP contribution in [0.1, 0.15) is 40.7 Å². The highest BCUT2D eigenvalue weighted by Crippen LogP contribution is 2.15. The number of hydrogen-bond acceptors (Lipinski definition) is 4. The van der Waals surface area contributed by atoms with Gasteiger partial charge in [0.1, 0.15) is 0 Å². The van der Waals surface area contributed by atoms with E-state index in [1.165, 1.54) is 0 Å². The first-order valence-corrected chi connectivity index (χ1v) is 7.45. The van der Waals surface area contributed by atoms with Gasteiger partial charge in [-0.05, 0) is 43.5 Å². The molecule has 23 heavy (non-hydrogen) atoms. The molecule has 0 fully saturated rings. The zero-order chi connectivity index (χ0) is 16.8. The number of aliphatic carboxylic acids is 1. The Balaban J connectivity index is 2.15. The molecule has 1 heterocycles. The van der Waals surface area contributed by atoms with Crippen LogP contribution in [0.3, 0.4) is 0 Å². The fourth-order valence-corrected chi connectivity index (χ4v) is 2.23. The van der Waals surface area contributed by atoms with Gasteiger partial charge < -0.3 is 10.4 Å². The summed E-state index contributed by atoms with van der Waals surface area (Å²) in [7, 11) is 0. The van der Waals surface area contributed by atoms with Crippen molar-refractivity contribution >= 4 is 17.6 Å². The van der Waals surface area contributed by atoms with Crippen LogP contribution in [-0.2, 0) is 17.6 Å². The van der Waals surface area contributed by atoms with E-state index in [1.54, 1.807) is 31.2 Å². The van der Waals surface area contributed by atoms with Crippen molar-refractivity contribution < 1.29 is 14.7 Å². The number of rotatable bonds is 6. The number of aromatic nitrogens is 2. The molecule has 6 nitrogen and oxygen atoms in total. The zero-order valence-electron chi connectivity index (χ0n) is 13.2. The van der Waals surface area contributed by atoms with Crippen molar-refractivity contribution in [3.05, 3.63) is 52.8 Å². The number of nitrogens with zero attached hydrogens (tertiary/aromatic N) is 2. The number of hydrogen-bond donors (Lipinski definition) is 2. The molecule has 6 heteroatoms. The second-order valence-corrected chi connectivity index (χ2v) is 5.25. The Morgan fingerprint density at radius 2 is 2.00 bits per heavy atom. The number of benzene rings is 1. The first kappa shape index (κ1) is 16.6. The fraction of sp³-hybridized carbons (Fsp3) is 0.294. The Morgan fingerprint density at radius 3 is 2.70 bits per heavy atom. The Bertz CT molecular complexity index is 729. The number of carboxylic acids is 1. The molecule has 2 N–H and O–H groups in total. The number of amides is 1. The van der Waals surface area contributed by atoms with E-state index in [2.05, 4.69) is 15.5 Å². The summed E-state index contributed by atoms with van der Waals surface area (Å²) in [4.78, 5) is 23.1. The second kappa shape index (κ2) is 7.49. The van der Waals surface area contributed by atoms with Gasteiger partial charge in [0, 0.05) is 12.1 Å². The van der Waals surface area contributed by atoms with Gasteiger partial charge in [0.05, 0.1) is 17.0 Å². The predicted octanol–water partition coefficient (Wildman–Crippen LogP) is 2.62. The number of anilines is 1. The zero-order valence-corrected chi connectivity index (χ0v) is 13.2. The largest absolute Gasteiger partial charge is 0.481 e. The Labute approximate surface area is 134 Å². The van der Waals surface area contributed by atoms with Gasteiger partial charge in [0.15, 0.2) is 0 Å². The maximum Gasteiger partial charge on any atom is 0.303 e. The highest BCUT2D eigenvalue weighted by atomic mass is 16.4. The lowest BCUT2D eigenvalue weighted by atomic mass is 10.1. The third-order valence-electron chi connectivity index (χ3n) is 3.38. The lowest BCUT2D eigenvalue weighted by Gasteiger charge is -2.09. The lowest BCUT2D eigenvalue weighted by molar-refractivity contribution is -0.136. The monoisotopic (exact) mass is 313 g/mol. The topological polar surface area (TPSA) is 92.2 Å². The average Bonchev–Trinajstić information content (AvgIpc) is 2.53. The van der Waals surface area contributed by atoms with E-state index < -0.39 is 5.97 Å². The smallest absolute Gasteiger partial charge is 0.303 e. The first-order chi connectivity index (χ1) is 11.0. The molecule has 0 aliphatic heterocycles. The van der Waals surface area contributed by atoms with Gasteiger partial charge in [0.25, 0.3) is 5.91 Å². The van der Waals surface area contributed by atoms with Crippen LogP contribution in [0.15, 0.2) is 30.3 Å². The standard InChI is InChI=1S/C17H19N3O3/c1-3-15-14(9-11(2)19-20-15)17(23)18-13-6-4-5-12(10-13)7-8-16(21)22/h4-6,9-10H,3,7-8H2,1-2H3,(H,18,23)(H,21,22). The lowest BCUT2D eigenvalue weighted by Crippen LogP contribution is -2.16. The molecule has 1 aromatic heterocycles. The molecule has 1 aromatic carbocycles. The summed E-state index contributed by atoms with van der Waals surface area (Å²) < 4.78 is 0. The van der Waals surface area contributed by atoms with Crippen molar-refractivity contribution in [1.29, 1.82) is 0 Å². The van der Waals surface area contributed by atoms with Gasteiger partial charge in [-0.15, -0.1) is 0 Å². The van der Waals surface area contributed by atoms with Gasteiger partial charge in [-0.3, -0.25) is 9.59 Å². The number of carbonyl (C=O) groups is 2. The quantitative estimate of drug-likeness (QED) is 0.855. The summed E-state index contributed by atoms with van der Waals surface area (Å²) in [5.74, 6) is -1.08. The van der Waals surface area contributed by atoms with Crippen molar-refractivity contribution in [3.63, 3.8) is 0 Å². The van der Waals surface area contributed by atoms with Crippen molar-refractivity contribution in [2.24, 2.45) is 0 Å². The molecular formula is C17H19N3O3. The maximum atomic E-state index is 12.5. The van der Waals surface area contributed by atoms with Gasteiger partial charge in [-0.1, -0.05) is 19.1 Å². The van der Waals surface area contributed by atoms with Crippen LogP contribution in [0.2, 0.25) is 0 Å². The Kier molecular flexibility index (Phi) is 5.41. The van der Waals surface area contributed by atoms with E-state index in [0.29, 0.717) is 35.5 Å². The molecule has 0 bridgehead atoms. The van der Waals surface area contributed by atoms with Crippen molar-refractivity contribution in [2.45, 2.75) is 33.1 Å². The number of aryl methyl sites for hydroxylation is 3. The minimum atomic E-state index is -0.842. The summed E-state index contributed by atoms with van der Waals surface area (Å²) in [5, 5.41) is 19.6. The molecule has 0 aliphatic carbocycles. The molecule has 0 saturated heterocycles. The average molecular weight is 313 g/mol. The molecular weight excluding hydrogens is 294 g/mol. The van der Waals surface area contributed by atoms with Crippen LogP contribution in [-0.4, -0.2) is 27.2 Å². The van der Waals surface area contributed by atoms with E-state index >= 15 is 0 Å². The molecule has 2 aromatic rings. The minimum Gasteiger partial charge on any atom is -0.481 e. The molecule has 0 unspecified atom stereocenters. The van der Waals surface area contributed by atoms with Gasteiger partial charge in [-0.2, -0.15) is 10.2 Å². The maximum absolute atomic E-state index is 12.5. The summed E-state index contributed by atoms with van der Waals surface area (Å²) >= 11 is 0. The number of carboxylic acid groups (broad SMARTS) is 1. The number of carbonyl (C=O) groups excluding carboxylic acids is 1. The van der Waals surface area contributed by atoms with Crippen molar-refractivity contribution in [1.82, 2.24) is 10.2 Å². The SMILES string of the molecule is CCc1nnc(C)cc1C(=O)Nc1cccc(CCC(=O)O)c1. The Hall–Kier alpha value is -2.76. The van der Waals surface area contributed by atoms with E-state index in [1.807, 2.05) is 13.0 Å². The minimum absolute atomic E-state index is 0.0604. The first-order valence-electron chi connectivity index (χ1n) is 7.45. The summed E-state index contributed by atoms with van der Waals surface area (Å²) in [6, 6.07) is 8.91. The van der Waals surface area contributed by atoms with Crippen LogP contribution >= 0.6 is 0 Å². The molecule has 0 aliphatic rings. The summed E-state index contributed by atoms with van der Waals surface area (Å²) in [6.07, 6.45) is 1.11. The Morgan fingerprint density at radius 1 is 1.22 bits per heavy atom. The highest BCUT2D eigenvalue weighted by Gasteiger charge is 2.13. The van der Waals surface area contributed by atoms with Crippen LogP contribution < -0.4 is 5.32 Å². The molecule has 2 rings (SSSR count). The highest BCUT2D eigenvalue weighted by molar-refractivity contribution is 6.05. The van der Waals surface area contributed by atoms with Crippen LogP contribution in [0.4, 0.5) is 5.69 Å². The van der Waals surface area contributed by atoms with E-state index in [9.17, 15) is 9.59 Å². The summed E-state index contributed by atoms with van der Waals surface area (Å²) in [6.45, 7) is 3.71. The summed E-state index contributed by atoms with van der Waals surface area (Å²) in [5.41, 5.74) is 3.34. The van der Waals surface area contributed by atoms with Gasteiger partial charge in [0.2, 0.25) is 0 Å². The molecule has 0 radical (unpaired) electrons. The molecule has 1 amide bonds. The van der Waals surface area contributed by atoms with Crippen LogP contribution in [0.5, 0.6) is 0 Å². The van der Waals surface area contributed by atoms with Crippen molar-refractivity contribution in [2.75, 3.05) is 5.32 Å². The third kappa shape index (κ3) is 4.60. The van der Waals surface area contributed by atoms with Crippen LogP contribution in [0.25, 0.3) is 0 Å². The van der Waals surface area contributed by atoms with Crippen molar-refractivity contribution in [3.8, 4) is 0 Å². The molecule has 0 spiro atoms. The van der Waals surface area contributed by atoms with Gasteiger partial charge >= 0.3 is 5.97 Å². The van der Waals surface area contributed by atoms with Gasteiger partial charge in [-0.25, -0.2) is 0 Å². The normalized spacial score (nSPS) is 10.3. The fourth-order valence-electron chi connectivity index (χ4n) is 2.23. The van der Waals surface area contributed by atoms with E-state index in [-0.39, 0.29) is 12.3 Å². The third-order valence-corrected chi connectivity index (χ3v) is 3.38. The van der Waals surface area contributed by atoms with E-state index in [0.717, 1.165) is 5.56 Å². The second-order valence-electron chi connectivity index (χ2n) is 5.25. The van der Waals surface area contributed by atoms with E-state index in [4.69, 9.17) is 5.11 Å². The van der Waals surface area contributed by atoms with Crippen LogP contribution in [0, 0.1) is 6.92 Å². The predicted molar refractivity (Wildman–Crippen MR) is 86.5 cm³/mol. The molecule has 0 atom stereocenters. The molecule has 0 saturated carbocycles. The number of nitrogens with one attached hydrogen (secondary N) is 1. The molecule has 120 valence electrons.